The molecule has 2 atom stereocenters. The number of aliphatic hydroxyl groups is 1. The lowest BCUT2D eigenvalue weighted by molar-refractivity contribution is -0.121. The fourth-order valence-corrected chi connectivity index (χ4v) is 2.53. The fraction of sp³-hybridized carbons (Fsp3) is 0.263. The van der Waals surface area contributed by atoms with Crippen molar-refractivity contribution in [1.82, 2.24) is 5.32 Å². The molecule has 0 heterocycles. The van der Waals surface area contributed by atoms with Gasteiger partial charge in [-0.25, -0.2) is 8.78 Å². The van der Waals surface area contributed by atoms with Crippen LogP contribution in [0, 0.1) is 23.0 Å². The molecule has 2 aromatic rings. The zero-order chi connectivity index (χ0) is 18.4. The lowest BCUT2D eigenvalue weighted by atomic mass is 10.0. The van der Waals surface area contributed by atoms with E-state index in [1.54, 1.807) is 31.2 Å². The number of carbonyl (C=O) groups is 1. The van der Waals surface area contributed by atoms with Crippen molar-refractivity contribution in [3.63, 3.8) is 0 Å². The molecule has 1 amide bonds. The highest BCUT2D eigenvalue weighted by Gasteiger charge is 2.20. The van der Waals surface area contributed by atoms with Gasteiger partial charge in [-0.2, -0.15) is 5.26 Å². The maximum absolute atomic E-state index is 13.3. The Bertz CT molecular complexity index is 802. The number of aliphatic hydroxyl groups excluding tert-OH is 1. The average molecular weight is 344 g/mol. The van der Waals surface area contributed by atoms with E-state index >= 15 is 0 Å². The van der Waals surface area contributed by atoms with E-state index < -0.39 is 23.8 Å². The van der Waals surface area contributed by atoms with Crippen molar-refractivity contribution in [2.45, 2.75) is 31.9 Å². The fourth-order valence-electron chi connectivity index (χ4n) is 2.53. The number of nitriles is 1. The van der Waals surface area contributed by atoms with Gasteiger partial charge in [0.05, 0.1) is 31.1 Å². The van der Waals surface area contributed by atoms with Crippen molar-refractivity contribution in [3.05, 3.63) is 70.8 Å². The van der Waals surface area contributed by atoms with Crippen LogP contribution in [-0.2, 0) is 17.6 Å². The second-order valence-corrected chi connectivity index (χ2v) is 5.75. The Morgan fingerprint density at radius 1 is 1.20 bits per heavy atom. The highest BCUT2D eigenvalue weighted by molar-refractivity contribution is 5.79. The van der Waals surface area contributed by atoms with E-state index in [4.69, 9.17) is 5.26 Å². The number of rotatable bonds is 6. The molecule has 2 N–H and O–H groups in total. The summed E-state index contributed by atoms with van der Waals surface area (Å²) in [7, 11) is 0. The number of carbonyl (C=O) groups excluding carboxylic acids is 1. The predicted molar refractivity (Wildman–Crippen MR) is 88.4 cm³/mol. The molecule has 130 valence electrons. The van der Waals surface area contributed by atoms with Gasteiger partial charge < -0.3 is 10.4 Å². The zero-order valence-electron chi connectivity index (χ0n) is 13.7. The molecule has 0 aliphatic rings. The van der Waals surface area contributed by atoms with Crippen LogP contribution in [0.15, 0.2) is 42.5 Å². The Balaban J connectivity index is 2.02. The summed E-state index contributed by atoms with van der Waals surface area (Å²) in [4.78, 5) is 12.2. The average Bonchev–Trinajstić information content (AvgIpc) is 2.58. The van der Waals surface area contributed by atoms with E-state index in [2.05, 4.69) is 11.4 Å². The smallest absolute Gasteiger partial charge is 0.224 e. The molecule has 0 fully saturated rings. The van der Waals surface area contributed by atoms with Crippen LogP contribution >= 0.6 is 0 Å². The molecule has 0 saturated carbocycles. The molecule has 6 heteroatoms. The third-order valence-electron chi connectivity index (χ3n) is 3.89. The first-order valence-electron chi connectivity index (χ1n) is 7.78. The zero-order valence-corrected chi connectivity index (χ0v) is 13.7. The maximum Gasteiger partial charge on any atom is 0.224 e. The van der Waals surface area contributed by atoms with Gasteiger partial charge in [-0.05, 0) is 35.7 Å². The van der Waals surface area contributed by atoms with E-state index in [-0.39, 0.29) is 24.3 Å². The SMILES string of the molecule is CC(NC(=O)Cc1ccccc1CC#N)C(O)c1ccc(F)c(F)c1. The van der Waals surface area contributed by atoms with Crippen LogP contribution in [0.3, 0.4) is 0 Å². The minimum Gasteiger partial charge on any atom is -0.386 e. The lowest BCUT2D eigenvalue weighted by Gasteiger charge is -2.21. The van der Waals surface area contributed by atoms with Gasteiger partial charge >= 0.3 is 0 Å². The van der Waals surface area contributed by atoms with Crippen molar-refractivity contribution >= 4 is 5.91 Å². The molecular weight excluding hydrogens is 326 g/mol. The second-order valence-electron chi connectivity index (χ2n) is 5.75. The molecule has 25 heavy (non-hydrogen) atoms. The predicted octanol–water partition coefficient (Wildman–Crippen LogP) is 2.81. The Hall–Kier alpha value is -2.78. The van der Waals surface area contributed by atoms with Crippen LogP contribution in [0.2, 0.25) is 0 Å². The highest BCUT2D eigenvalue weighted by atomic mass is 19.2. The van der Waals surface area contributed by atoms with Gasteiger partial charge in [-0.15, -0.1) is 0 Å². The van der Waals surface area contributed by atoms with Gasteiger partial charge in [0.1, 0.15) is 0 Å². The van der Waals surface area contributed by atoms with Crippen LogP contribution in [0.1, 0.15) is 29.7 Å². The molecule has 0 radical (unpaired) electrons. The van der Waals surface area contributed by atoms with E-state index in [0.29, 0.717) is 0 Å². The van der Waals surface area contributed by atoms with Gasteiger partial charge in [0.25, 0.3) is 0 Å². The standard InChI is InChI=1S/C19H18F2N2O2/c1-12(19(25)15-6-7-16(20)17(21)10-15)23-18(24)11-14-5-3-2-4-13(14)8-9-22/h2-7,10,12,19,25H,8,11H2,1H3,(H,23,24). The number of halogens is 2. The Morgan fingerprint density at radius 2 is 1.88 bits per heavy atom. The molecule has 0 spiro atoms. The van der Waals surface area contributed by atoms with Crippen molar-refractivity contribution in [1.29, 1.82) is 5.26 Å². The molecular formula is C19H18F2N2O2. The summed E-state index contributed by atoms with van der Waals surface area (Å²) in [6, 6.07) is 11.6. The summed E-state index contributed by atoms with van der Waals surface area (Å²) < 4.78 is 26.2. The summed E-state index contributed by atoms with van der Waals surface area (Å²) in [6.45, 7) is 1.57. The molecule has 4 nitrogen and oxygen atoms in total. The van der Waals surface area contributed by atoms with Crippen LogP contribution in [0.4, 0.5) is 8.78 Å². The van der Waals surface area contributed by atoms with Crippen molar-refractivity contribution in [2.75, 3.05) is 0 Å². The van der Waals surface area contributed by atoms with Crippen LogP contribution < -0.4 is 5.32 Å². The third kappa shape index (κ3) is 4.85. The number of nitrogens with one attached hydrogen (secondary N) is 1. The number of nitrogens with zero attached hydrogens (tertiary/aromatic N) is 1. The minimum atomic E-state index is -1.17. The number of amides is 1. The summed E-state index contributed by atoms with van der Waals surface area (Å²) >= 11 is 0. The van der Waals surface area contributed by atoms with E-state index in [1.807, 2.05) is 0 Å². The molecule has 2 rings (SSSR count). The molecule has 0 aliphatic carbocycles. The first-order valence-corrected chi connectivity index (χ1v) is 7.78. The van der Waals surface area contributed by atoms with Gasteiger partial charge in [0.2, 0.25) is 5.91 Å². The molecule has 2 unspecified atom stereocenters. The van der Waals surface area contributed by atoms with E-state index in [9.17, 15) is 18.7 Å². The molecule has 0 saturated heterocycles. The normalized spacial score (nSPS) is 12.9. The minimum absolute atomic E-state index is 0.0622. The monoisotopic (exact) mass is 344 g/mol. The summed E-state index contributed by atoms with van der Waals surface area (Å²) in [5.41, 5.74) is 1.68. The summed E-state index contributed by atoms with van der Waals surface area (Å²) in [6.07, 6.45) is -0.906. The number of hydrogen-bond acceptors (Lipinski definition) is 3. The quantitative estimate of drug-likeness (QED) is 0.846. The van der Waals surface area contributed by atoms with E-state index in [1.165, 1.54) is 6.07 Å². The Morgan fingerprint density at radius 3 is 2.52 bits per heavy atom. The molecule has 0 aliphatic heterocycles. The topological polar surface area (TPSA) is 73.1 Å². The summed E-state index contributed by atoms with van der Waals surface area (Å²) in [5, 5.41) is 21.7. The van der Waals surface area contributed by atoms with Crippen molar-refractivity contribution in [2.24, 2.45) is 0 Å². The largest absolute Gasteiger partial charge is 0.386 e. The molecule has 2 aromatic carbocycles. The van der Waals surface area contributed by atoms with Gasteiger partial charge in [-0.3, -0.25) is 4.79 Å². The Kier molecular flexibility index (Phi) is 6.20. The maximum atomic E-state index is 13.3. The second kappa shape index (κ2) is 8.36. The van der Waals surface area contributed by atoms with Crippen molar-refractivity contribution < 1.29 is 18.7 Å². The highest BCUT2D eigenvalue weighted by Crippen LogP contribution is 2.19. The molecule has 0 aromatic heterocycles. The van der Waals surface area contributed by atoms with Crippen molar-refractivity contribution in [3.8, 4) is 6.07 Å². The van der Waals surface area contributed by atoms with Crippen LogP contribution in [0.25, 0.3) is 0 Å². The third-order valence-corrected chi connectivity index (χ3v) is 3.89. The number of hydrogen-bond donors (Lipinski definition) is 2. The first kappa shape index (κ1) is 18.6. The Labute approximate surface area is 144 Å². The van der Waals surface area contributed by atoms with Gasteiger partial charge in [0, 0.05) is 0 Å². The van der Waals surface area contributed by atoms with Gasteiger partial charge in [0.15, 0.2) is 11.6 Å². The summed E-state index contributed by atoms with van der Waals surface area (Å²) in [5.74, 6) is -2.39. The first-order chi connectivity index (χ1) is 11.9. The molecule has 0 bridgehead atoms. The van der Waals surface area contributed by atoms with Crippen LogP contribution in [-0.4, -0.2) is 17.1 Å². The van der Waals surface area contributed by atoms with E-state index in [0.717, 1.165) is 23.3 Å². The van der Waals surface area contributed by atoms with Crippen LogP contribution in [0.5, 0.6) is 0 Å². The van der Waals surface area contributed by atoms with Gasteiger partial charge in [-0.1, -0.05) is 30.3 Å². The number of benzene rings is 2. The lowest BCUT2D eigenvalue weighted by Crippen LogP contribution is -2.38.